The molecule has 1 aromatic heterocycles. The van der Waals surface area contributed by atoms with Crippen LogP contribution in [0.25, 0.3) is 0 Å². The van der Waals surface area contributed by atoms with Gasteiger partial charge in [0.1, 0.15) is 0 Å². The maximum atomic E-state index is 11.4. The molecule has 0 unspecified atom stereocenters. The van der Waals surface area contributed by atoms with Crippen molar-refractivity contribution in [3.8, 4) is 0 Å². The van der Waals surface area contributed by atoms with Crippen molar-refractivity contribution in [2.45, 2.75) is 19.1 Å². The van der Waals surface area contributed by atoms with E-state index < -0.39 is 15.3 Å². The number of aromatic nitrogens is 1. The zero-order chi connectivity index (χ0) is 9.90. The lowest BCUT2D eigenvalue weighted by Crippen LogP contribution is -2.22. The van der Waals surface area contributed by atoms with Crippen LogP contribution in [0.2, 0.25) is 0 Å². The van der Waals surface area contributed by atoms with Crippen LogP contribution >= 0.6 is 0 Å². The Morgan fingerprint density at radius 2 is 1.85 bits per heavy atom. The van der Waals surface area contributed by atoms with E-state index in [1.54, 1.807) is 26.0 Å². The van der Waals surface area contributed by atoms with Gasteiger partial charge in [-0.2, -0.15) is 0 Å². The Kier molecular flexibility index (Phi) is 2.87. The second-order valence-electron chi connectivity index (χ2n) is 2.93. The fourth-order valence-corrected chi connectivity index (χ4v) is 1.40. The first kappa shape index (κ1) is 9.98. The van der Waals surface area contributed by atoms with Gasteiger partial charge in [0.05, 0.1) is 10.9 Å². The summed E-state index contributed by atoms with van der Waals surface area (Å²) in [5, 5.41) is -0.430. The molecule has 72 valence electrons. The van der Waals surface area contributed by atoms with Crippen molar-refractivity contribution >= 4 is 15.7 Å². The van der Waals surface area contributed by atoms with Crippen LogP contribution in [-0.4, -0.2) is 18.7 Å². The molecule has 0 radical (unpaired) electrons. The number of rotatable bonds is 3. The molecule has 0 spiro atoms. The average Bonchev–Trinajstić information content (AvgIpc) is 2.05. The Labute approximate surface area is 78.1 Å². The van der Waals surface area contributed by atoms with E-state index in [-0.39, 0.29) is 0 Å². The van der Waals surface area contributed by atoms with E-state index in [4.69, 9.17) is 0 Å². The van der Waals surface area contributed by atoms with Crippen LogP contribution < -0.4 is 4.72 Å². The van der Waals surface area contributed by atoms with Gasteiger partial charge in [0.25, 0.3) is 0 Å². The minimum absolute atomic E-state index is 0.430. The van der Waals surface area contributed by atoms with Gasteiger partial charge in [0.15, 0.2) is 0 Å². The Morgan fingerprint density at radius 3 is 2.31 bits per heavy atom. The maximum absolute atomic E-state index is 11.4. The third kappa shape index (κ3) is 2.69. The van der Waals surface area contributed by atoms with Crippen LogP contribution in [0.15, 0.2) is 24.5 Å². The largest absolute Gasteiger partial charge is 0.283 e. The number of nitrogens with zero attached hydrogens (tertiary/aromatic N) is 1. The van der Waals surface area contributed by atoms with E-state index in [1.165, 1.54) is 12.4 Å². The first-order chi connectivity index (χ1) is 6.02. The summed E-state index contributed by atoms with van der Waals surface area (Å²) in [6, 6.07) is 3.22. The van der Waals surface area contributed by atoms with Gasteiger partial charge in [-0.25, -0.2) is 8.42 Å². The first-order valence-corrected chi connectivity index (χ1v) is 5.48. The van der Waals surface area contributed by atoms with Gasteiger partial charge in [0.2, 0.25) is 10.0 Å². The smallest absolute Gasteiger partial charge is 0.235 e. The number of sulfonamides is 1. The summed E-state index contributed by atoms with van der Waals surface area (Å²) in [4.78, 5) is 3.79. The fourth-order valence-electron chi connectivity index (χ4n) is 0.702. The maximum Gasteiger partial charge on any atom is 0.235 e. The molecule has 1 aromatic rings. The molecule has 0 aromatic carbocycles. The van der Waals surface area contributed by atoms with Crippen LogP contribution in [0.5, 0.6) is 0 Å². The molecule has 5 heteroatoms. The molecule has 0 saturated carbocycles. The number of hydrogen-bond acceptors (Lipinski definition) is 3. The SMILES string of the molecule is CC(C)S(=O)(=O)Nc1ccncc1. The molecule has 0 aliphatic carbocycles. The summed E-state index contributed by atoms with van der Waals surface area (Å²) in [7, 11) is -3.23. The standard InChI is InChI=1S/C8H12N2O2S/c1-7(2)13(11,12)10-8-3-5-9-6-4-8/h3-7H,1-2H3,(H,9,10). The van der Waals surface area contributed by atoms with Crippen molar-refractivity contribution in [1.82, 2.24) is 4.98 Å². The van der Waals surface area contributed by atoms with E-state index in [2.05, 4.69) is 9.71 Å². The highest BCUT2D eigenvalue weighted by Crippen LogP contribution is 2.09. The first-order valence-electron chi connectivity index (χ1n) is 3.94. The van der Waals surface area contributed by atoms with Gasteiger partial charge >= 0.3 is 0 Å². The molecule has 1 N–H and O–H groups in total. The zero-order valence-electron chi connectivity index (χ0n) is 7.56. The van der Waals surface area contributed by atoms with Gasteiger partial charge in [0, 0.05) is 12.4 Å². The summed E-state index contributed by atoms with van der Waals surface area (Å²) in [6.45, 7) is 3.26. The molecule has 0 amide bonds. The summed E-state index contributed by atoms with van der Waals surface area (Å²) in [6.07, 6.45) is 3.08. The monoisotopic (exact) mass is 200 g/mol. The van der Waals surface area contributed by atoms with Gasteiger partial charge in [-0.05, 0) is 26.0 Å². The van der Waals surface area contributed by atoms with Crippen molar-refractivity contribution in [2.75, 3.05) is 4.72 Å². The van der Waals surface area contributed by atoms with Crippen LogP contribution in [0.1, 0.15) is 13.8 Å². The van der Waals surface area contributed by atoms with Crippen molar-refractivity contribution in [1.29, 1.82) is 0 Å². The van der Waals surface area contributed by atoms with E-state index in [9.17, 15) is 8.42 Å². The fraction of sp³-hybridized carbons (Fsp3) is 0.375. The van der Waals surface area contributed by atoms with E-state index in [0.29, 0.717) is 5.69 Å². The second-order valence-corrected chi connectivity index (χ2v) is 5.17. The summed E-state index contributed by atoms with van der Waals surface area (Å²) < 4.78 is 25.2. The minimum Gasteiger partial charge on any atom is -0.283 e. The van der Waals surface area contributed by atoms with E-state index in [1.807, 2.05) is 0 Å². The minimum atomic E-state index is -3.23. The molecule has 0 aliphatic heterocycles. The highest BCUT2D eigenvalue weighted by atomic mass is 32.2. The molecule has 1 heterocycles. The number of hydrogen-bond donors (Lipinski definition) is 1. The third-order valence-electron chi connectivity index (χ3n) is 1.56. The molecule has 13 heavy (non-hydrogen) atoms. The van der Waals surface area contributed by atoms with Crippen molar-refractivity contribution in [2.24, 2.45) is 0 Å². The van der Waals surface area contributed by atoms with Crippen LogP contribution in [-0.2, 0) is 10.0 Å². The molecule has 0 fully saturated rings. The van der Waals surface area contributed by atoms with Crippen LogP contribution in [0.4, 0.5) is 5.69 Å². The van der Waals surface area contributed by atoms with Crippen LogP contribution in [0.3, 0.4) is 0 Å². The Hall–Kier alpha value is -1.10. The van der Waals surface area contributed by atoms with Gasteiger partial charge < -0.3 is 0 Å². The molecular weight excluding hydrogens is 188 g/mol. The predicted molar refractivity (Wildman–Crippen MR) is 51.9 cm³/mol. The van der Waals surface area contributed by atoms with Crippen molar-refractivity contribution in [3.05, 3.63) is 24.5 Å². The number of anilines is 1. The van der Waals surface area contributed by atoms with Gasteiger partial charge in [-0.1, -0.05) is 0 Å². The molecule has 0 atom stereocenters. The molecule has 0 saturated heterocycles. The lowest BCUT2D eigenvalue weighted by molar-refractivity contribution is 0.593. The summed E-state index contributed by atoms with van der Waals surface area (Å²) >= 11 is 0. The zero-order valence-corrected chi connectivity index (χ0v) is 8.38. The van der Waals surface area contributed by atoms with E-state index in [0.717, 1.165) is 0 Å². The summed E-state index contributed by atoms with van der Waals surface area (Å²) in [5.74, 6) is 0. The van der Waals surface area contributed by atoms with Gasteiger partial charge in [-0.15, -0.1) is 0 Å². The van der Waals surface area contributed by atoms with Crippen molar-refractivity contribution in [3.63, 3.8) is 0 Å². The highest BCUT2D eigenvalue weighted by molar-refractivity contribution is 7.93. The van der Waals surface area contributed by atoms with Crippen LogP contribution in [0, 0.1) is 0 Å². The molecule has 4 nitrogen and oxygen atoms in total. The topological polar surface area (TPSA) is 59.1 Å². The van der Waals surface area contributed by atoms with Crippen molar-refractivity contribution < 1.29 is 8.42 Å². The second kappa shape index (κ2) is 3.74. The molecule has 1 rings (SSSR count). The third-order valence-corrected chi connectivity index (χ3v) is 3.32. The quantitative estimate of drug-likeness (QED) is 0.798. The predicted octanol–water partition coefficient (Wildman–Crippen LogP) is 1.23. The molecular formula is C8H12N2O2S. The highest BCUT2D eigenvalue weighted by Gasteiger charge is 2.14. The van der Waals surface area contributed by atoms with E-state index >= 15 is 0 Å². The summed E-state index contributed by atoms with van der Waals surface area (Å²) in [5.41, 5.74) is 0.545. The molecule has 0 bridgehead atoms. The Balaban J connectivity index is 2.82. The Bertz CT molecular complexity index is 359. The average molecular weight is 200 g/mol. The number of nitrogens with one attached hydrogen (secondary N) is 1. The lowest BCUT2D eigenvalue weighted by Gasteiger charge is -2.09. The normalized spacial score (nSPS) is 11.6. The number of pyridine rings is 1. The lowest BCUT2D eigenvalue weighted by atomic mass is 10.4. The molecule has 0 aliphatic rings. The van der Waals surface area contributed by atoms with Gasteiger partial charge in [-0.3, -0.25) is 9.71 Å². The Morgan fingerprint density at radius 1 is 1.31 bits per heavy atom.